The zero-order valence-corrected chi connectivity index (χ0v) is 13.4. The summed E-state index contributed by atoms with van der Waals surface area (Å²) in [5, 5.41) is 6.31. The van der Waals surface area contributed by atoms with Gasteiger partial charge in [-0.25, -0.2) is 0 Å². The molecule has 0 bridgehead atoms. The minimum absolute atomic E-state index is 0.229. The van der Waals surface area contributed by atoms with E-state index < -0.39 is 0 Å². The number of hydrogen-bond acceptors (Lipinski definition) is 5. The van der Waals surface area contributed by atoms with Crippen LogP contribution in [-0.4, -0.2) is 16.5 Å². The van der Waals surface area contributed by atoms with E-state index in [1.165, 1.54) is 0 Å². The molecule has 7 heteroatoms. The summed E-state index contributed by atoms with van der Waals surface area (Å²) in [6, 6.07) is 7.67. The molecular weight excluding hydrogens is 374 g/mol. The lowest BCUT2D eigenvalue weighted by atomic mass is 10.3. The molecule has 0 atom stereocenters. The average molecular weight is 387 g/mol. The number of rotatable bonds is 4. The van der Waals surface area contributed by atoms with Gasteiger partial charge in [0.2, 0.25) is 5.95 Å². The van der Waals surface area contributed by atoms with Gasteiger partial charge in [-0.2, -0.15) is 9.97 Å². The van der Waals surface area contributed by atoms with E-state index in [0.29, 0.717) is 11.6 Å². The zero-order valence-electron chi connectivity index (χ0n) is 10.2. The van der Waals surface area contributed by atoms with Crippen molar-refractivity contribution >= 4 is 55.1 Å². The molecule has 0 aliphatic rings. The van der Waals surface area contributed by atoms with Crippen molar-refractivity contribution in [1.29, 1.82) is 0 Å². The molecule has 0 spiro atoms. The van der Waals surface area contributed by atoms with Crippen molar-refractivity contribution in [3.05, 3.63) is 33.2 Å². The van der Waals surface area contributed by atoms with Gasteiger partial charge in [-0.3, -0.25) is 0 Å². The fourth-order valence-electron chi connectivity index (χ4n) is 1.53. The predicted molar refractivity (Wildman–Crippen MR) is 85.7 cm³/mol. The van der Waals surface area contributed by atoms with Crippen LogP contribution in [-0.2, 0) is 0 Å². The lowest BCUT2D eigenvalue weighted by Crippen LogP contribution is -2.05. The lowest BCUT2D eigenvalue weighted by molar-refractivity contribution is 1.12. The Kier molecular flexibility index (Phi) is 4.60. The van der Waals surface area contributed by atoms with Crippen LogP contribution in [0.25, 0.3) is 0 Å². The first-order valence-corrected chi connectivity index (χ1v) is 7.27. The van der Waals surface area contributed by atoms with E-state index in [2.05, 4.69) is 52.5 Å². The highest BCUT2D eigenvalue weighted by Crippen LogP contribution is 2.29. The van der Waals surface area contributed by atoms with Gasteiger partial charge in [-0.15, -0.1) is 0 Å². The van der Waals surface area contributed by atoms with Crippen molar-refractivity contribution in [2.24, 2.45) is 0 Å². The second-order valence-electron chi connectivity index (χ2n) is 3.78. The Balaban J connectivity index is 2.29. The third-order valence-electron chi connectivity index (χ3n) is 2.29. The zero-order chi connectivity index (χ0) is 13.8. The van der Waals surface area contributed by atoms with Crippen molar-refractivity contribution < 1.29 is 0 Å². The Hall–Kier alpha value is -1.34. The molecule has 2 aromatic rings. The van der Waals surface area contributed by atoms with Gasteiger partial charge in [0, 0.05) is 21.6 Å². The molecule has 2 rings (SSSR count). The van der Waals surface area contributed by atoms with E-state index >= 15 is 0 Å². The molecule has 0 saturated carbocycles. The summed E-state index contributed by atoms with van der Waals surface area (Å²) in [7, 11) is 0. The van der Waals surface area contributed by atoms with Gasteiger partial charge in [0.15, 0.2) is 0 Å². The molecule has 0 aliphatic heterocycles. The molecule has 1 aromatic carbocycles. The normalized spacial score (nSPS) is 10.3. The molecule has 4 N–H and O–H groups in total. The van der Waals surface area contributed by atoms with Gasteiger partial charge < -0.3 is 16.4 Å². The van der Waals surface area contributed by atoms with E-state index in [1.807, 2.05) is 31.2 Å². The molecule has 0 aliphatic carbocycles. The van der Waals surface area contributed by atoms with E-state index in [1.54, 1.807) is 0 Å². The lowest BCUT2D eigenvalue weighted by Gasteiger charge is -2.10. The Labute approximate surface area is 128 Å². The number of benzene rings is 1. The molecule has 1 aromatic heterocycles. The van der Waals surface area contributed by atoms with Gasteiger partial charge in [0.05, 0.1) is 5.69 Å². The van der Waals surface area contributed by atoms with Crippen LogP contribution in [0.4, 0.5) is 23.3 Å². The van der Waals surface area contributed by atoms with Crippen molar-refractivity contribution in [2.45, 2.75) is 6.92 Å². The van der Waals surface area contributed by atoms with Crippen molar-refractivity contribution in [3.63, 3.8) is 0 Å². The third kappa shape index (κ3) is 3.81. The van der Waals surface area contributed by atoms with Crippen LogP contribution in [0, 0.1) is 0 Å². The van der Waals surface area contributed by atoms with Crippen LogP contribution in [0.1, 0.15) is 6.92 Å². The van der Waals surface area contributed by atoms with Gasteiger partial charge in [0.1, 0.15) is 11.6 Å². The van der Waals surface area contributed by atoms with Crippen LogP contribution in [0.15, 0.2) is 33.2 Å². The van der Waals surface area contributed by atoms with Gasteiger partial charge >= 0.3 is 0 Å². The second kappa shape index (κ2) is 6.21. The number of nitrogens with one attached hydrogen (secondary N) is 2. The van der Waals surface area contributed by atoms with E-state index in [9.17, 15) is 0 Å². The minimum Gasteiger partial charge on any atom is -0.370 e. The molecule has 0 fully saturated rings. The smallest absolute Gasteiger partial charge is 0.223 e. The van der Waals surface area contributed by atoms with Crippen LogP contribution in [0.3, 0.4) is 0 Å². The maximum absolute atomic E-state index is 5.69. The summed E-state index contributed by atoms with van der Waals surface area (Å²) in [6.45, 7) is 2.77. The number of nitrogens with zero attached hydrogens (tertiary/aromatic N) is 2. The summed E-state index contributed by atoms with van der Waals surface area (Å²) in [5.41, 5.74) is 6.59. The molecule has 19 heavy (non-hydrogen) atoms. The third-order valence-corrected chi connectivity index (χ3v) is 3.48. The Morgan fingerprint density at radius 2 is 1.89 bits per heavy atom. The summed E-state index contributed by atoms with van der Waals surface area (Å²) >= 11 is 6.91. The van der Waals surface area contributed by atoms with Crippen LogP contribution < -0.4 is 16.4 Å². The van der Waals surface area contributed by atoms with E-state index in [-0.39, 0.29) is 5.95 Å². The van der Waals surface area contributed by atoms with Crippen molar-refractivity contribution in [3.8, 4) is 0 Å². The largest absolute Gasteiger partial charge is 0.370 e. The summed E-state index contributed by atoms with van der Waals surface area (Å²) < 4.78 is 1.92. The molecule has 0 unspecified atom stereocenters. The number of aromatic nitrogens is 2. The van der Waals surface area contributed by atoms with Gasteiger partial charge in [-0.1, -0.05) is 15.9 Å². The number of nitrogen functional groups attached to an aromatic ring is 1. The molecule has 0 saturated heterocycles. The first-order chi connectivity index (χ1) is 9.08. The molecule has 100 valence electrons. The Morgan fingerprint density at radius 3 is 2.63 bits per heavy atom. The summed E-state index contributed by atoms with van der Waals surface area (Å²) in [6.07, 6.45) is 0. The first-order valence-electron chi connectivity index (χ1n) is 5.69. The number of hydrogen-bond donors (Lipinski definition) is 3. The molecule has 0 radical (unpaired) electrons. The Bertz CT molecular complexity index is 588. The highest BCUT2D eigenvalue weighted by atomic mass is 79.9. The maximum atomic E-state index is 5.69. The number of nitrogens with two attached hydrogens (primary N) is 1. The van der Waals surface area contributed by atoms with Crippen LogP contribution in [0.5, 0.6) is 0 Å². The Morgan fingerprint density at radius 1 is 1.16 bits per heavy atom. The standard InChI is InChI=1S/C12H13Br2N5/c1-2-16-10-6-11(19-12(15)18-10)17-9-5-7(13)3-4-8(9)14/h3-6H,2H2,1H3,(H4,15,16,17,18,19). The minimum atomic E-state index is 0.229. The number of anilines is 4. The fourth-order valence-corrected chi connectivity index (χ4v) is 2.24. The topological polar surface area (TPSA) is 75.9 Å². The average Bonchev–Trinajstić information content (AvgIpc) is 2.33. The summed E-state index contributed by atoms with van der Waals surface area (Å²) in [4.78, 5) is 8.26. The quantitative estimate of drug-likeness (QED) is 0.745. The maximum Gasteiger partial charge on any atom is 0.223 e. The second-order valence-corrected chi connectivity index (χ2v) is 5.55. The molecule has 0 amide bonds. The van der Waals surface area contributed by atoms with Gasteiger partial charge in [-0.05, 0) is 41.1 Å². The summed E-state index contributed by atoms with van der Waals surface area (Å²) in [5.74, 6) is 1.57. The van der Waals surface area contributed by atoms with Crippen molar-refractivity contribution in [2.75, 3.05) is 22.9 Å². The SMILES string of the molecule is CCNc1cc(Nc2cc(Br)ccc2Br)nc(N)n1. The first kappa shape index (κ1) is 14.1. The van der Waals surface area contributed by atoms with E-state index in [4.69, 9.17) is 5.73 Å². The van der Waals surface area contributed by atoms with E-state index in [0.717, 1.165) is 21.2 Å². The van der Waals surface area contributed by atoms with Crippen LogP contribution >= 0.6 is 31.9 Å². The van der Waals surface area contributed by atoms with Gasteiger partial charge in [0.25, 0.3) is 0 Å². The predicted octanol–water partition coefficient (Wildman–Crippen LogP) is 3.76. The highest BCUT2D eigenvalue weighted by molar-refractivity contribution is 9.11. The molecule has 1 heterocycles. The van der Waals surface area contributed by atoms with Crippen molar-refractivity contribution in [1.82, 2.24) is 9.97 Å². The van der Waals surface area contributed by atoms with Crippen LogP contribution in [0.2, 0.25) is 0 Å². The molecular formula is C12H13Br2N5. The highest BCUT2D eigenvalue weighted by Gasteiger charge is 2.05. The monoisotopic (exact) mass is 385 g/mol. The number of halogens is 2. The molecule has 5 nitrogen and oxygen atoms in total. The fraction of sp³-hybridized carbons (Fsp3) is 0.167.